The van der Waals surface area contributed by atoms with Gasteiger partial charge in [0.25, 0.3) is 0 Å². The van der Waals surface area contributed by atoms with Crippen molar-refractivity contribution in [1.29, 1.82) is 0 Å². The third kappa shape index (κ3) is 3.33. The van der Waals surface area contributed by atoms with Crippen LogP contribution in [-0.4, -0.2) is 16.7 Å². The average Bonchev–Trinajstić information content (AvgIpc) is 3.10. The van der Waals surface area contributed by atoms with Crippen molar-refractivity contribution in [2.24, 2.45) is 0 Å². The van der Waals surface area contributed by atoms with Crippen LogP contribution < -0.4 is 0 Å². The first-order chi connectivity index (χ1) is 12.2. The summed E-state index contributed by atoms with van der Waals surface area (Å²) in [6.45, 7) is 3.79. The molecular weight excluding hydrogens is 314 g/mol. The topological polar surface area (TPSA) is 59.2 Å². The molecule has 0 aliphatic heterocycles. The molecule has 0 aliphatic carbocycles. The van der Waals surface area contributed by atoms with Crippen molar-refractivity contribution in [2.75, 3.05) is 0 Å². The predicted molar refractivity (Wildman–Crippen MR) is 97.6 cm³/mol. The van der Waals surface area contributed by atoms with Crippen LogP contribution in [0.5, 0.6) is 0 Å². The van der Waals surface area contributed by atoms with Gasteiger partial charge in [0.05, 0.1) is 0 Å². The van der Waals surface area contributed by atoms with Gasteiger partial charge in [-0.1, -0.05) is 62.4 Å². The first-order valence-corrected chi connectivity index (χ1v) is 8.53. The molecule has 2 aromatic carbocycles. The molecule has 3 aromatic rings. The number of rotatable bonds is 6. The van der Waals surface area contributed by atoms with Gasteiger partial charge in [-0.05, 0) is 12.0 Å². The Kier molecular flexibility index (Phi) is 4.98. The van der Waals surface area contributed by atoms with Gasteiger partial charge >= 0.3 is 5.97 Å². The van der Waals surface area contributed by atoms with E-state index in [2.05, 4.69) is 11.9 Å². The highest BCUT2D eigenvalue weighted by Gasteiger charge is 2.27. The zero-order valence-electron chi connectivity index (χ0n) is 14.4. The molecule has 0 aliphatic rings. The lowest BCUT2D eigenvalue weighted by Crippen LogP contribution is -2.19. The highest BCUT2D eigenvalue weighted by Crippen LogP contribution is 2.29. The standard InChI is InChI=1S/C21H21NO3/c1-3-14-11-8-12-16-17(13-22-19(14)16)20(24)21(25-18(23)4-2)15-9-6-5-7-10-15/h5-13,21-22H,3-4H2,1-2H3/t21-/m1/s1. The van der Waals surface area contributed by atoms with Gasteiger partial charge < -0.3 is 9.72 Å². The molecule has 0 fully saturated rings. The van der Waals surface area contributed by atoms with Crippen molar-refractivity contribution >= 4 is 22.7 Å². The maximum Gasteiger partial charge on any atom is 0.306 e. The number of hydrogen-bond acceptors (Lipinski definition) is 3. The maximum absolute atomic E-state index is 13.2. The van der Waals surface area contributed by atoms with E-state index in [-0.39, 0.29) is 12.2 Å². The van der Waals surface area contributed by atoms with Gasteiger partial charge in [0, 0.05) is 34.6 Å². The summed E-state index contributed by atoms with van der Waals surface area (Å²) >= 11 is 0. The Morgan fingerprint density at radius 2 is 1.80 bits per heavy atom. The minimum atomic E-state index is -0.932. The van der Waals surface area contributed by atoms with Crippen molar-refractivity contribution in [1.82, 2.24) is 4.98 Å². The van der Waals surface area contributed by atoms with E-state index in [1.807, 2.05) is 36.4 Å². The Labute approximate surface area is 146 Å². The van der Waals surface area contributed by atoms with Crippen molar-refractivity contribution in [3.63, 3.8) is 0 Å². The summed E-state index contributed by atoms with van der Waals surface area (Å²) in [5.74, 6) is -0.608. The molecule has 1 N–H and O–H groups in total. The summed E-state index contributed by atoms with van der Waals surface area (Å²) in [6.07, 6.45) is 1.88. The smallest absolute Gasteiger partial charge is 0.306 e. The average molecular weight is 335 g/mol. The SMILES string of the molecule is CCC(=O)O[C@@H](C(=O)c1c[nH]c2c(CC)cccc12)c1ccccc1. The fraction of sp³-hybridized carbons (Fsp3) is 0.238. The monoisotopic (exact) mass is 335 g/mol. The second-order valence-corrected chi connectivity index (χ2v) is 5.89. The first kappa shape index (κ1) is 17.0. The molecule has 1 atom stereocenters. The molecule has 25 heavy (non-hydrogen) atoms. The number of para-hydroxylation sites is 1. The number of benzene rings is 2. The van der Waals surface area contributed by atoms with Crippen LogP contribution in [0.4, 0.5) is 0 Å². The van der Waals surface area contributed by atoms with Crippen LogP contribution in [0.2, 0.25) is 0 Å². The minimum Gasteiger partial charge on any atom is -0.449 e. The number of carbonyl (C=O) groups is 2. The van der Waals surface area contributed by atoms with Crippen molar-refractivity contribution in [3.8, 4) is 0 Å². The van der Waals surface area contributed by atoms with E-state index in [0.717, 1.165) is 22.9 Å². The molecule has 0 radical (unpaired) electrons. The number of ketones is 1. The largest absolute Gasteiger partial charge is 0.449 e. The van der Waals surface area contributed by atoms with Gasteiger partial charge in [0.15, 0.2) is 6.10 Å². The normalized spacial score (nSPS) is 12.1. The number of esters is 1. The molecule has 4 nitrogen and oxygen atoms in total. The van der Waals surface area contributed by atoms with Crippen LogP contribution in [-0.2, 0) is 16.0 Å². The van der Waals surface area contributed by atoms with E-state index in [0.29, 0.717) is 11.1 Å². The molecule has 0 unspecified atom stereocenters. The van der Waals surface area contributed by atoms with Gasteiger partial charge in [-0.3, -0.25) is 9.59 Å². The molecule has 0 amide bonds. The minimum absolute atomic E-state index is 0.215. The van der Waals surface area contributed by atoms with E-state index in [1.165, 1.54) is 0 Å². The Morgan fingerprint density at radius 3 is 2.48 bits per heavy atom. The molecule has 128 valence electrons. The summed E-state index contributed by atoms with van der Waals surface area (Å²) < 4.78 is 5.47. The second kappa shape index (κ2) is 7.34. The van der Waals surface area contributed by atoms with Gasteiger partial charge in [0.2, 0.25) is 5.78 Å². The number of aromatic amines is 1. The van der Waals surface area contributed by atoms with Crippen molar-refractivity contribution in [2.45, 2.75) is 32.8 Å². The predicted octanol–water partition coefficient (Wildman–Crippen LogP) is 4.61. The number of aryl methyl sites for hydroxylation is 1. The highest BCUT2D eigenvalue weighted by atomic mass is 16.5. The Morgan fingerprint density at radius 1 is 1.04 bits per heavy atom. The van der Waals surface area contributed by atoms with Gasteiger partial charge in [-0.25, -0.2) is 0 Å². The molecular formula is C21H21NO3. The van der Waals surface area contributed by atoms with Gasteiger partial charge in [-0.2, -0.15) is 0 Å². The van der Waals surface area contributed by atoms with Crippen molar-refractivity contribution < 1.29 is 14.3 Å². The lowest BCUT2D eigenvalue weighted by atomic mass is 9.98. The Balaban J connectivity index is 2.05. The molecule has 0 saturated heterocycles. The number of nitrogens with one attached hydrogen (secondary N) is 1. The molecule has 0 bridgehead atoms. The van der Waals surface area contributed by atoms with Crippen LogP contribution in [0.1, 0.15) is 47.9 Å². The van der Waals surface area contributed by atoms with Crippen molar-refractivity contribution in [3.05, 3.63) is 71.4 Å². The number of carbonyl (C=O) groups excluding carboxylic acids is 2. The Hall–Kier alpha value is -2.88. The zero-order valence-corrected chi connectivity index (χ0v) is 14.4. The number of aromatic nitrogens is 1. The summed E-state index contributed by atoms with van der Waals surface area (Å²) in [5, 5.41) is 0.859. The number of Topliss-reactive ketones (excluding diaryl/α,β-unsaturated/α-hetero) is 1. The quantitative estimate of drug-likeness (QED) is 0.529. The third-order valence-electron chi connectivity index (χ3n) is 4.33. The molecule has 0 saturated carbocycles. The second-order valence-electron chi connectivity index (χ2n) is 5.89. The van der Waals surface area contributed by atoms with E-state index in [1.54, 1.807) is 25.3 Å². The highest BCUT2D eigenvalue weighted by molar-refractivity contribution is 6.11. The third-order valence-corrected chi connectivity index (χ3v) is 4.33. The number of fused-ring (bicyclic) bond motifs is 1. The van der Waals surface area contributed by atoms with Crippen LogP contribution in [0.3, 0.4) is 0 Å². The van der Waals surface area contributed by atoms with E-state index < -0.39 is 12.1 Å². The lowest BCUT2D eigenvalue weighted by molar-refractivity contribution is -0.146. The summed E-state index contributed by atoms with van der Waals surface area (Å²) in [6, 6.07) is 15.0. The van der Waals surface area contributed by atoms with Crippen LogP contribution >= 0.6 is 0 Å². The summed E-state index contributed by atoms with van der Waals surface area (Å²) in [5.41, 5.74) is 3.33. The fourth-order valence-electron chi connectivity index (χ4n) is 2.97. The molecule has 0 spiro atoms. The van der Waals surface area contributed by atoms with E-state index in [9.17, 15) is 9.59 Å². The summed E-state index contributed by atoms with van der Waals surface area (Å²) in [4.78, 5) is 28.2. The number of H-pyrrole nitrogens is 1. The van der Waals surface area contributed by atoms with E-state index >= 15 is 0 Å². The van der Waals surface area contributed by atoms with Gasteiger partial charge in [-0.15, -0.1) is 0 Å². The fourth-order valence-corrected chi connectivity index (χ4v) is 2.97. The van der Waals surface area contributed by atoms with Crippen LogP contribution in [0.25, 0.3) is 10.9 Å². The zero-order chi connectivity index (χ0) is 17.8. The molecule has 1 aromatic heterocycles. The molecule has 3 rings (SSSR count). The number of hydrogen-bond donors (Lipinski definition) is 1. The first-order valence-electron chi connectivity index (χ1n) is 8.53. The van der Waals surface area contributed by atoms with Crippen LogP contribution in [0.15, 0.2) is 54.7 Å². The van der Waals surface area contributed by atoms with Gasteiger partial charge in [0.1, 0.15) is 0 Å². The molecule has 4 heteroatoms. The lowest BCUT2D eigenvalue weighted by Gasteiger charge is -2.16. The summed E-state index contributed by atoms with van der Waals surface area (Å²) in [7, 11) is 0. The number of ether oxygens (including phenoxy) is 1. The van der Waals surface area contributed by atoms with E-state index in [4.69, 9.17) is 4.74 Å². The maximum atomic E-state index is 13.2. The molecule has 1 heterocycles. The Bertz CT molecular complexity index is 896. The van der Waals surface area contributed by atoms with Crippen LogP contribution in [0, 0.1) is 0 Å².